The number of hydrogen-bond donors (Lipinski definition) is 2. The minimum absolute atomic E-state index is 0.153. The molecule has 7 nitrogen and oxygen atoms in total. The molecule has 2 aromatic carbocycles. The molecule has 1 unspecified atom stereocenters. The van der Waals surface area contributed by atoms with Gasteiger partial charge in [0, 0.05) is 17.7 Å². The van der Waals surface area contributed by atoms with Crippen LogP contribution in [-0.2, 0) is 25.7 Å². The normalized spacial score (nSPS) is 12.1. The van der Waals surface area contributed by atoms with Gasteiger partial charge in [-0.2, -0.15) is 0 Å². The van der Waals surface area contributed by atoms with E-state index in [0.29, 0.717) is 16.9 Å². The van der Waals surface area contributed by atoms with Crippen molar-refractivity contribution in [2.45, 2.75) is 12.7 Å². The molecule has 2 N–H and O–H groups in total. The number of benzene rings is 2. The Balaban J connectivity index is 1.73. The molecule has 0 heterocycles. The highest BCUT2D eigenvalue weighted by atomic mass is 16.6. The van der Waals surface area contributed by atoms with Crippen LogP contribution in [0.1, 0.15) is 16.7 Å². The Morgan fingerprint density at radius 2 is 1.53 bits per heavy atom. The third-order valence-electron chi connectivity index (χ3n) is 3.94. The molecular weight excluding hydrogens is 388 g/mol. The average molecular weight is 412 g/mol. The van der Waals surface area contributed by atoms with Crippen molar-refractivity contribution in [3.8, 4) is 5.75 Å². The minimum atomic E-state index is -1.14. The predicted molar refractivity (Wildman–Crippen MR) is 111 cm³/mol. The number of carbonyl (C=O) groups is 2. The summed E-state index contributed by atoms with van der Waals surface area (Å²) in [5.74, 6) is -0.759. The number of aliphatic hydroxyl groups excluding tert-OH is 2. The summed E-state index contributed by atoms with van der Waals surface area (Å²) in [4.78, 5) is 23.4. The van der Waals surface area contributed by atoms with Crippen LogP contribution < -0.4 is 4.74 Å². The van der Waals surface area contributed by atoms with Gasteiger partial charge in [0.15, 0.2) is 0 Å². The van der Waals surface area contributed by atoms with Gasteiger partial charge in [0.25, 0.3) is 0 Å². The maximum absolute atomic E-state index is 11.8. The van der Waals surface area contributed by atoms with E-state index in [1.807, 2.05) is 30.3 Å². The lowest BCUT2D eigenvalue weighted by Crippen LogP contribution is -2.24. The maximum Gasteiger partial charge on any atom is 0.330 e. The van der Waals surface area contributed by atoms with Gasteiger partial charge in [0.1, 0.15) is 25.1 Å². The molecule has 158 valence electrons. The van der Waals surface area contributed by atoms with E-state index < -0.39 is 18.0 Å². The second kappa shape index (κ2) is 12.2. The van der Waals surface area contributed by atoms with Crippen LogP contribution in [0.25, 0.3) is 12.2 Å². The Hall–Kier alpha value is -3.42. The molecule has 7 heteroatoms. The molecule has 0 aliphatic carbocycles. The fraction of sp³-hybridized carbons (Fsp3) is 0.217. The number of carbonyl (C=O) groups excluding carboxylic acids is 2. The van der Waals surface area contributed by atoms with Crippen LogP contribution in [0.5, 0.6) is 5.75 Å². The van der Waals surface area contributed by atoms with E-state index in [1.165, 1.54) is 25.3 Å². The highest BCUT2D eigenvalue weighted by molar-refractivity contribution is 5.87. The zero-order chi connectivity index (χ0) is 21.8. The molecule has 0 fully saturated rings. The summed E-state index contributed by atoms with van der Waals surface area (Å²) in [5.41, 5.74) is 2.16. The van der Waals surface area contributed by atoms with Gasteiger partial charge < -0.3 is 24.4 Å². The Bertz CT molecular complexity index is 888. The van der Waals surface area contributed by atoms with Crippen molar-refractivity contribution in [2.24, 2.45) is 0 Å². The molecule has 0 radical (unpaired) electrons. The molecule has 0 amide bonds. The van der Waals surface area contributed by atoms with Crippen LogP contribution in [-0.4, -0.2) is 48.6 Å². The van der Waals surface area contributed by atoms with Gasteiger partial charge in [-0.3, -0.25) is 0 Å². The van der Waals surface area contributed by atoms with Gasteiger partial charge in [-0.15, -0.1) is 0 Å². The monoisotopic (exact) mass is 412 g/mol. The van der Waals surface area contributed by atoms with Crippen molar-refractivity contribution in [3.05, 3.63) is 77.4 Å². The number of ether oxygens (including phenoxy) is 3. The van der Waals surface area contributed by atoms with Crippen LogP contribution in [0, 0.1) is 0 Å². The summed E-state index contributed by atoms with van der Waals surface area (Å²) in [6, 6.07) is 14.3. The van der Waals surface area contributed by atoms with E-state index >= 15 is 0 Å². The molecule has 0 bridgehead atoms. The molecule has 2 rings (SSSR count). The lowest BCUT2D eigenvalue weighted by Gasteiger charge is -2.10. The summed E-state index contributed by atoms with van der Waals surface area (Å²) >= 11 is 0. The molecule has 0 saturated heterocycles. The van der Waals surface area contributed by atoms with Crippen molar-refractivity contribution < 1.29 is 34.0 Å². The van der Waals surface area contributed by atoms with Crippen molar-refractivity contribution in [1.82, 2.24) is 0 Å². The Morgan fingerprint density at radius 3 is 2.10 bits per heavy atom. The van der Waals surface area contributed by atoms with Gasteiger partial charge in [-0.25, -0.2) is 9.59 Å². The zero-order valence-corrected chi connectivity index (χ0v) is 16.6. The van der Waals surface area contributed by atoms with E-state index in [-0.39, 0.29) is 19.8 Å². The fourth-order valence-corrected chi connectivity index (χ4v) is 2.39. The van der Waals surface area contributed by atoms with E-state index in [9.17, 15) is 19.8 Å². The standard InChI is InChI=1S/C23H24O7/c1-28-21-13-18(7-10-19(21)14-24)9-12-23(27)30-16-20(25)15-29-22(26)11-8-17-5-3-2-4-6-17/h2-13,20,24-25H,14-16H2,1H3. The van der Waals surface area contributed by atoms with Gasteiger partial charge in [0.05, 0.1) is 13.7 Å². The fourth-order valence-electron chi connectivity index (χ4n) is 2.39. The Kier molecular flexibility index (Phi) is 9.30. The second-order valence-electron chi connectivity index (χ2n) is 6.22. The third-order valence-corrected chi connectivity index (χ3v) is 3.94. The summed E-state index contributed by atoms with van der Waals surface area (Å²) in [7, 11) is 1.49. The zero-order valence-electron chi connectivity index (χ0n) is 16.6. The van der Waals surface area contributed by atoms with E-state index in [0.717, 1.165) is 5.56 Å². The summed E-state index contributed by atoms with van der Waals surface area (Å²) in [5, 5.41) is 19.0. The van der Waals surface area contributed by atoms with Crippen LogP contribution in [0.4, 0.5) is 0 Å². The van der Waals surface area contributed by atoms with Crippen molar-refractivity contribution >= 4 is 24.1 Å². The smallest absolute Gasteiger partial charge is 0.330 e. The van der Waals surface area contributed by atoms with Crippen molar-refractivity contribution in [2.75, 3.05) is 20.3 Å². The maximum atomic E-state index is 11.8. The highest BCUT2D eigenvalue weighted by Crippen LogP contribution is 2.20. The van der Waals surface area contributed by atoms with Crippen molar-refractivity contribution in [1.29, 1.82) is 0 Å². The molecule has 2 aromatic rings. The van der Waals surface area contributed by atoms with E-state index in [2.05, 4.69) is 0 Å². The molecule has 1 atom stereocenters. The van der Waals surface area contributed by atoms with Crippen LogP contribution >= 0.6 is 0 Å². The first kappa shape index (κ1) is 22.9. The number of methoxy groups -OCH3 is 1. The third kappa shape index (κ3) is 7.90. The van der Waals surface area contributed by atoms with Crippen LogP contribution in [0.3, 0.4) is 0 Å². The van der Waals surface area contributed by atoms with Gasteiger partial charge in [-0.1, -0.05) is 42.5 Å². The van der Waals surface area contributed by atoms with E-state index in [4.69, 9.17) is 14.2 Å². The van der Waals surface area contributed by atoms with Crippen LogP contribution in [0.15, 0.2) is 60.7 Å². The molecular formula is C23H24O7. The lowest BCUT2D eigenvalue weighted by atomic mass is 10.1. The predicted octanol–water partition coefficient (Wildman–Crippen LogP) is 2.36. The number of rotatable bonds is 10. The average Bonchev–Trinajstić information content (AvgIpc) is 2.79. The first-order valence-electron chi connectivity index (χ1n) is 9.22. The summed E-state index contributed by atoms with van der Waals surface area (Å²) in [6.45, 7) is -0.764. The molecule has 0 saturated carbocycles. The van der Waals surface area contributed by atoms with Gasteiger partial charge in [0.2, 0.25) is 0 Å². The quantitative estimate of drug-likeness (QED) is 0.456. The first-order chi connectivity index (χ1) is 14.5. The number of esters is 2. The molecule has 0 aliphatic rings. The van der Waals surface area contributed by atoms with Crippen molar-refractivity contribution in [3.63, 3.8) is 0 Å². The molecule has 0 spiro atoms. The number of aliphatic hydroxyl groups is 2. The minimum Gasteiger partial charge on any atom is -0.496 e. The SMILES string of the molecule is COc1cc(C=CC(=O)OCC(O)COC(=O)C=Cc2ccccc2)ccc1CO. The van der Waals surface area contributed by atoms with Gasteiger partial charge in [-0.05, 0) is 29.3 Å². The lowest BCUT2D eigenvalue weighted by molar-refractivity contribution is -0.146. The molecule has 30 heavy (non-hydrogen) atoms. The Labute approximate surface area is 174 Å². The topological polar surface area (TPSA) is 102 Å². The second-order valence-corrected chi connectivity index (χ2v) is 6.22. The number of hydrogen-bond acceptors (Lipinski definition) is 7. The van der Waals surface area contributed by atoms with Crippen LogP contribution in [0.2, 0.25) is 0 Å². The van der Waals surface area contributed by atoms with Gasteiger partial charge >= 0.3 is 11.9 Å². The highest BCUT2D eigenvalue weighted by Gasteiger charge is 2.10. The molecule has 0 aromatic heterocycles. The molecule has 0 aliphatic heterocycles. The summed E-state index contributed by atoms with van der Waals surface area (Å²) in [6.07, 6.45) is 4.44. The Morgan fingerprint density at radius 1 is 0.933 bits per heavy atom. The largest absolute Gasteiger partial charge is 0.496 e. The first-order valence-corrected chi connectivity index (χ1v) is 9.22. The summed E-state index contributed by atoms with van der Waals surface area (Å²) < 4.78 is 15.0. The van der Waals surface area contributed by atoms with E-state index in [1.54, 1.807) is 24.3 Å².